The number of alkyl halides is 9. The molecule has 39 heavy (non-hydrogen) atoms. The summed E-state index contributed by atoms with van der Waals surface area (Å²) in [6, 6.07) is 4.80. The predicted molar refractivity (Wildman–Crippen MR) is 133 cm³/mol. The van der Waals surface area contributed by atoms with Crippen LogP contribution < -0.4 is 15.5 Å². The van der Waals surface area contributed by atoms with Crippen LogP contribution in [0.3, 0.4) is 0 Å². The summed E-state index contributed by atoms with van der Waals surface area (Å²) in [6.45, 7) is 2.39. The zero-order valence-electron chi connectivity index (χ0n) is 20.0. The number of carbonyl (C=O) groups excluding carboxylic acids is 1. The summed E-state index contributed by atoms with van der Waals surface area (Å²) >= 11 is 5.94. The van der Waals surface area contributed by atoms with Crippen LogP contribution in [0.25, 0.3) is 0 Å². The number of anilines is 1. The van der Waals surface area contributed by atoms with Gasteiger partial charge >= 0.3 is 23.9 Å². The number of carbonyl (C=O) groups is 1. The number of benzene rings is 2. The summed E-state index contributed by atoms with van der Waals surface area (Å²) in [5.41, 5.74) is -7.72. The van der Waals surface area contributed by atoms with Gasteiger partial charge in [0.05, 0.1) is 5.69 Å². The Morgan fingerprint density at radius 3 is 2.18 bits per heavy atom. The summed E-state index contributed by atoms with van der Waals surface area (Å²) < 4.78 is 126. The molecule has 0 spiro atoms. The van der Waals surface area contributed by atoms with Crippen LogP contribution >= 0.6 is 32.5 Å². The molecule has 17 heteroatoms. The lowest BCUT2D eigenvalue weighted by Crippen LogP contribution is -2.59. The molecular weight excluding hydrogens is 604 g/mol. The fourth-order valence-electron chi connectivity index (χ4n) is 3.68. The Balaban J connectivity index is 2.03. The van der Waals surface area contributed by atoms with Crippen LogP contribution in [0.1, 0.15) is 34.0 Å². The van der Waals surface area contributed by atoms with Gasteiger partial charge in [0.1, 0.15) is 7.85 Å². The molecule has 0 aliphatic rings. The Labute approximate surface area is 228 Å². The first kappa shape index (κ1) is 30.9. The summed E-state index contributed by atoms with van der Waals surface area (Å²) in [7, 11) is 4.00. The molecule has 0 saturated heterocycles. The van der Waals surface area contributed by atoms with Gasteiger partial charge in [-0.2, -0.15) is 39.5 Å². The number of hydrogen-bond donors (Lipinski definition) is 1. The Morgan fingerprint density at radius 1 is 1.05 bits per heavy atom. The van der Waals surface area contributed by atoms with Gasteiger partial charge < -0.3 is 5.32 Å². The molecule has 210 valence electrons. The Hall–Kier alpha value is -2.59. The monoisotopic (exact) mass is 619 g/mol. The highest BCUT2D eigenvalue weighted by molar-refractivity contribution is 7.66. The average molecular weight is 620 g/mol. The third-order valence-corrected chi connectivity index (χ3v) is 7.88. The van der Waals surface area contributed by atoms with Crippen molar-refractivity contribution in [1.29, 1.82) is 0 Å². The van der Waals surface area contributed by atoms with Gasteiger partial charge in [-0.3, -0.25) is 4.79 Å². The zero-order chi connectivity index (χ0) is 29.6. The molecule has 1 amide bonds. The number of nitrogens with one attached hydrogen (secondary N) is 1. The summed E-state index contributed by atoms with van der Waals surface area (Å²) in [6.07, 6.45) is -13.7. The quantitative estimate of drug-likeness (QED) is 0.197. The molecule has 1 atom stereocenters. The van der Waals surface area contributed by atoms with E-state index in [-0.39, 0.29) is 46.1 Å². The molecule has 0 aliphatic heterocycles. The van der Waals surface area contributed by atoms with Gasteiger partial charge in [-0.15, -0.1) is 0 Å². The fourth-order valence-corrected chi connectivity index (χ4v) is 5.66. The van der Waals surface area contributed by atoms with E-state index in [0.29, 0.717) is 15.8 Å². The van der Waals surface area contributed by atoms with E-state index in [1.807, 2.05) is 0 Å². The van der Waals surface area contributed by atoms with Crippen molar-refractivity contribution in [1.82, 2.24) is 4.37 Å². The number of amides is 1. The van der Waals surface area contributed by atoms with Crippen LogP contribution in [0.15, 0.2) is 35.3 Å². The molecule has 0 radical (unpaired) electrons. The van der Waals surface area contributed by atoms with Gasteiger partial charge in [0.15, 0.2) is 9.82 Å². The van der Waals surface area contributed by atoms with Crippen molar-refractivity contribution in [3.63, 3.8) is 0 Å². The van der Waals surface area contributed by atoms with Crippen molar-refractivity contribution in [2.45, 2.75) is 44.2 Å². The fraction of sp³-hybridized carbons (Fsp3) is 0.318. The normalized spacial score (nSPS) is 14.8. The van der Waals surface area contributed by atoms with Crippen LogP contribution in [0.5, 0.6) is 0 Å². The van der Waals surface area contributed by atoms with Gasteiger partial charge in [0.25, 0.3) is 5.91 Å². The van der Waals surface area contributed by atoms with Gasteiger partial charge in [0, 0.05) is 27.4 Å². The van der Waals surface area contributed by atoms with Crippen molar-refractivity contribution >= 4 is 63.1 Å². The van der Waals surface area contributed by atoms with E-state index >= 15 is 4.39 Å². The lowest BCUT2D eigenvalue weighted by Gasteiger charge is -2.36. The van der Waals surface area contributed by atoms with Crippen molar-refractivity contribution in [3.05, 3.63) is 62.4 Å². The molecule has 1 aromatic heterocycles. The van der Waals surface area contributed by atoms with Crippen molar-refractivity contribution in [3.8, 4) is 0 Å². The molecule has 0 saturated carbocycles. The number of aromatic nitrogens is 1. The van der Waals surface area contributed by atoms with Crippen LogP contribution in [0.4, 0.5) is 50.9 Å². The van der Waals surface area contributed by atoms with Gasteiger partial charge in [0.2, 0.25) is 0 Å². The smallest absolute Gasteiger partial charge is 0.321 e. The number of nitrogens with zero attached hydrogens (tertiary/aromatic N) is 2. The Bertz CT molecular complexity index is 1470. The first-order chi connectivity index (χ1) is 17.8. The second kappa shape index (κ2) is 10.8. The second-order valence-electron chi connectivity index (χ2n) is 8.32. The number of halogens is 10. The van der Waals surface area contributed by atoms with E-state index in [2.05, 4.69) is 14.7 Å². The minimum Gasteiger partial charge on any atom is -0.321 e. The number of hydrogen-bond acceptors (Lipinski definition) is 5. The van der Waals surface area contributed by atoms with Crippen molar-refractivity contribution in [2.75, 3.05) is 5.32 Å². The standard InChI is InChI=1S/C22H16BClF9N3OS2/c1-3-10-7-12(19(25,21(28,29)30)20(26,27)22(31,32)33)6-9(2)15(10)35-17(37)11-4-5-14(13(23)8-11)34-18-16(24)36-39-38-18/h4-8H,3,23H2,1-2H3,(H,35,37)/b34-18-. The van der Waals surface area contributed by atoms with Crippen LogP contribution in [-0.2, 0) is 12.1 Å². The minimum absolute atomic E-state index is 0.0777. The first-order valence-electron chi connectivity index (χ1n) is 10.8. The molecule has 3 aromatic rings. The summed E-state index contributed by atoms with van der Waals surface area (Å²) in [5, 5.41) is 2.63. The van der Waals surface area contributed by atoms with Gasteiger partial charge in [-0.1, -0.05) is 36.1 Å². The molecule has 1 heterocycles. The third kappa shape index (κ3) is 5.68. The largest absolute Gasteiger partial charge is 0.457 e. The lowest BCUT2D eigenvalue weighted by molar-refractivity contribution is -0.389. The average Bonchev–Trinajstić information content (AvgIpc) is 3.23. The van der Waals surface area contributed by atoms with E-state index in [4.69, 9.17) is 11.6 Å². The van der Waals surface area contributed by atoms with E-state index in [1.165, 1.54) is 35.5 Å². The Morgan fingerprint density at radius 2 is 1.69 bits per heavy atom. The van der Waals surface area contributed by atoms with Gasteiger partial charge in [-0.25, -0.2) is 9.38 Å². The van der Waals surface area contributed by atoms with E-state index < -0.39 is 35.4 Å². The molecule has 0 aliphatic carbocycles. The van der Waals surface area contributed by atoms with Crippen LogP contribution in [0.2, 0.25) is 5.15 Å². The van der Waals surface area contributed by atoms with E-state index in [0.717, 1.165) is 17.5 Å². The molecule has 1 N–H and O–H groups in total. The third-order valence-electron chi connectivity index (χ3n) is 5.70. The van der Waals surface area contributed by atoms with E-state index in [9.17, 15) is 39.9 Å². The number of rotatable bonds is 6. The predicted octanol–water partition coefficient (Wildman–Crippen LogP) is 6.40. The Kier molecular flexibility index (Phi) is 8.54. The first-order valence-corrected chi connectivity index (χ1v) is 13.3. The maximum Gasteiger partial charge on any atom is 0.457 e. The molecule has 2 aromatic carbocycles. The van der Waals surface area contributed by atoms with Crippen LogP contribution in [0, 0.1) is 6.92 Å². The second-order valence-corrected chi connectivity index (χ2v) is 10.5. The minimum atomic E-state index is -6.84. The molecule has 3 rings (SSSR count). The number of aryl methyl sites for hydroxylation is 2. The van der Waals surface area contributed by atoms with Gasteiger partial charge in [-0.05, 0) is 53.0 Å². The molecule has 0 fully saturated rings. The van der Waals surface area contributed by atoms with Crippen molar-refractivity contribution in [2.24, 2.45) is 4.99 Å². The van der Waals surface area contributed by atoms with E-state index in [1.54, 1.807) is 7.85 Å². The summed E-state index contributed by atoms with van der Waals surface area (Å²) in [5.74, 6) is -7.56. The summed E-state index contributed by atoms with van der Waals surface area (Å²) in [4.78, 5) is 17.3. The SMILES string of the molecule is Bc1cc(C(=O)Nc2c(C)cc(C(F)(C(F)(F)F)C(F)(F)C(F)(F)F)cc2CC)ccc1/N=c1\ssnc1Cl. The highest BCUT2D eigenvalue weighted by atomic mass is 35.5. The molecule has 4 nitrogen and oxygen atoms in total. The zero-order valence-corrected chi connectivity index (χ0v) is 22.4. The van der Waals surface area contributed by atoms with Crippen molar-refractivity contribution < 1.29 is 44.3 Å². The topological polar surface area (TPSA) is 54.4 Å². The maximum atomic E-state index is 15.0. The molecule has 0 bridgehead atoms. The molecular formula is C22H16BClF9N3OS2. The highest BCUT2D eigenvalue weighted by Crippen LogP contribution is 2.58. The van der Waals surface area contributed by atoms with Crippen LogP contribution in [-0.4, -0.2) is 36.4 Å². The maximum absolute atomic E-state index is 15.0. The molecule has 1 unspecified atom stereocenters. The highest BCUT2D eigenvalue weighted by Gasteiger charge is 2.81. The lowest BCUT2D eigenvalue weighted by atomic mass is 9.85.